The first kappa shape index (κ1) is 13.5. The van der Waals surface area contributed by atoms with Crippen molar-refractivity contribution in [1.29, 1.82) is 0 Å². The summed E-state index contributed by atoms with van der Waals surface area (Å²) in [6, 6.07) is 7.83. The van der Waals surface area contributed by atoms with Crippen molar-refractivity contribution >= 4 is 28.4 Å². The molecule has 1 aliphatic heterocycles. The van der Waals surface area contributed by atoms with Gasteiger partial charge < -0.3 is 15.0 Å². The van der Waals surface area contributed by atoms with E-state index in [1.54, 1.807) is 4.90 Å². The van der Waals surface area contributed by atoms with Gasteiger partial charge in [0.15, 0.2) is 0 Å². The van der Waals surface area contributed by atoms with Crippen molar-refractivity contribution in [2.75, 3.05) is 13.2 Å². The van der Waals surface area contributed by atoms with Crippen LogP contribution in [0.15, 0.2) is 30.5 Å². The molecule has 2 atom stereocenters. The van der Waals surface area contributed by atoms with Crippen molar-refractivity contribution in [3.05, 3.63) is 36.0 Å². The summed E-state index contributed by atoms with van der Waals surface area (Å²) in [6.45, 7) is 0.475. The van der Waals surface area contributed by atoms with Gasteiger partial charge in [-0.15, -0.1) is 11.6 Å². The van der Waals surface area contributed by atoms with Crippen molar-refractivity contribution in [2.45, 2.75) is 24.3 Å². The van der Waals surface area contributed by atoms with Crippen LogP contribution in [0, 0.1) is 0 Å². The number of aliphatic hydroxyl groups is 1. The number of halogens is 1. The molecule has 20 heavy (non-hydrogen) atoms. The Morgan fingerprint density at radius 3 is 2.95 bits per heavy atom. The molecule has 2 unspecified atom stereocenters. The number of fused-ring (bicyclic) bond motifs is 1. The lowest BCUT2D eigenvalue weighted by Gasteiger charge is -2.26. The molecule has 0 bridgehead atoms. The van der Waals surface area contributed by atoms with Crippen LogP contribution in [0.25, 0.3) is 10.9 Å². The smallest absolute Gasteiger partial charge is 0.224 e. The van der Waals surface area contributed by atoms with E-state index in [1.165, 1.54) is 0 Å². The number of aromatic amines is 1. The summed E-state index contributed by atoms with van der Waals surface area (Å²) < 4.78 is 0. The quantitative estimate of drug-likeness (QED) is 0.846. The van der Waals surface area contributed by atoms with E-state index in [0.29, 0.717) is 19.4 Å². The lowest BCUT2D eigenvalue weighted by atomic mass is 10.0. The zero-order chi connectivity index (χ0) is 14.1. The summed E-state index contributed by atoms with van der Waals surface area (Å²) in [6.07, 6.45) is 2.95. The molecule has 2 N–H and O–H groups in total. The average molecular weight is 293 g/mol. The second kappa shape index (κ2) is 5.46. The Labute approximate surface area is 122 Å². The van der Waals surface area contributed by atoms with Crippen molar-refractivity contribution in [3.63, 3.8) is 0 Å². The lowest BCUT2D eigenvalue weighted by molar-refractivity contribution is -0.130. The lowest BCUT2D eigenvalue weighted by Crippen LogP contribution is -2.40. The number of alkyl halides is 1. The van der Waals surface area contributed by atoms with Crippen molar-refractivity contribution < 1.29 is 9.90 Å². The van der Waals surface area contributed by atoms with E-state index < -0.39 is 0 Å². The van der Waals surface area contributed by atoms with Crippen LogP contribution >= 0.6 is 11.6 Å². The SMILES string of the molecule is O=C1CC(Cl)CN1C(CO)Cc1c[nH]c2ccccc12. The Balaban J connectivity index is 1.83. The summed E-state index contributed by atoms with van der Waals surface area (Å²) in [7, 11) is 0. The second-order valence-electron chi connectivity index (χ2n) is 5.25. The Hall–Kier alpha value is -1.52. The molecule has 0 aliphatic carbocycles. The maximum atomic E-state index is 11.9. The Kier molecular flexibility index (Phi) is 3.68. The summed E-state index contributed by atoms with van der Waals surface area (Å²) in [5, 5.41) is 10.6. The van der Waals surface area contributed by atoms with E-state index in [9.17, 15) is 9.90 Å². The third-order valence-electron chi connectivity index (χ3n) is 3.89. The number of nitrogens with one attached hydrogen (secondary N) is 1. The minimum absolute atomic E-state index is 0.0314. The zero-order valence-corrected chi connectivity index (χ0v) is 11.8. The number of para-hydroxylation sites is 1. The number of hydrogen-bond donors (Lipinski definition) is 2. The number of amides is 1. The molecule has 2 heterocycles. The molecule has 4 nitrogen and oxygen atoms in total. The van der Waals surface area contributed by atoms with Crippen LogP contribution in [0.2, 0.25) is 0 Å². The van der Waals surface area contributed by atoms with E-state index in [1.807, 2.05) is 30.5 Å². The summed E-state index contributed by atoms with van der Waals surface area (Å²) in [5.41, 5.74) is 2.19. The fourth-order valence-corrected chi connectivity index (χ4v) is 3.15. The van der Waals surface area contributed by atoms with Gasteiger partial charge >= 0.3 is 0 Å². The van der Waals surface area contributed by atoms with E-state index >= 15 is 0 Å². The van der Waals surface area contributed by atoms with Gasteiger partial charge in [-0.25, -0.2) is 0 Å². The fourth-order valence-electron chi connectivity index (χ4n) is 2.87. The van der Waals surface area contributed by atoms with Crippen molar-refractivity contribution in [3.8, 4) is 0 Å². The number of benzene rings is 1. The van der Waals surface area contributed by atoms with Crippen LogP contribution in [-0.4, -0.2) is 45.5 Å². The van der Waals surface area contributed by atoms with Gasteiger partial charge in [-0.05, 0) is 18.1 Å². The first-order valence-corrected chi connectivity index (χ1v) is 7.22. The molecule has 5 heteroatoms. The first-order chi connectivity index (χ1) is 9.69. The predicted molar refractivity (Wildman–Crippen MR) is 78.8 cm³/mol. The molecule has 0 radical (unpaired) electrons. The summed E-state index contributed by atoms with van der Waals surface area (Å²) >= 11 is 6.03. The molecule has 0 spiro atoms. The third-order valence-corrected chi connectivity index (χ3v) is 4.19. The molecule has 106 valence electrons. The Morgan fingerprint density at radius 1 is 1.45 bits per heavy atom. The number of carbonyl (C=O) groups is 1. The average Bonchev–Trinajstić information content (AvgIpc) is 3.00. The maximum Gasteiger partial charge on any atom is 0.224 e. The van der Waals surface area contributed by atoms with E-state index in [4.69, 9.17) is 11.6 Å². The van der Waals surface area contributed by atoms with Gasteiger partial charge in [-0.1, -0.05) is 18.2 Å². The molecule has 1 saturated heterocycles. The van der Waals surface area contributed by atoms with Gasteiger partial charge in [0, 0.05) is 30.1 Å². The van der Waals surface area contributed by atoms with Crippen LogP contribution in [0.4, 0.5) is 0 Å². The standard InChI is InChI=1S/C15H17ClN2O2/c16-11-6-15(20)18(8-11)12(9-19)5-10-7-17-14-4-2-1-3-13(10)14/h1-4,7,11-12,17,19H,5-6,8-9H2. The topological polar surface area (TPSA) is 56.3 Å². The van der Waals surface area contributed by atoms with Gasteiger partial charge in [-0.2, -0.15) is 0 Å². The van der Waals surface area contributed by atoms with Crippen LogP contribution in [0.5, 0.6) is 0 Å². The van der Waals surface area contributed by atoms with E-state index in [2.05, 4.69) is 4.98 Å². The van der Waals surface area contributed by atoms with Crippen LogP contribution in [-0.2, 0) is 11.2 Å². The first-order valence-electron chi connectivity index (χ1n) is 6.78. The molecule has 1 aromatic carbocycles. The number of carbonyl (C=O) groups excluding carboxylic acids is 1. The number of likely N-dealkylation sites (tertiary alicyclic amines) is 1. The second-order valence-corrected chi connectivity index (χ2v) is 5.86. The largest absolute Gasteiger partial charge is 0.394 e. The molecule has 1 aromatic heterocycles. The highest BCUT2D eigenvalue weighted by atomic mass is 35.5. The van der Waals surface area contributed by atoms with Gasteiger partial charge in [0.2, 0.25) is 5.91 Å². The van der Waals surface area contributed by atoms with E-state index in [0.717, 1.165) is 16.5 Å². The molecule has 2 aromatic rings. The highest BCUT2D eigenvalue weighted by Crippen LogP contribution is 2.24. The fraction of sp³-hybridized carbons (Fsp3) is 0.400. The maximum absolute atomic E-state index is 11.9. The molecular formula is C15H17ClN2O2. The van der Waals surface area contributed by atoms with Gasteiger partial charge in [0.1, 0.15) is 0 Å². The number of aliphatic hydroxyl groups excluding tert-OH is 1. The highest BCUT2D eigenvalue weighted by molar-refractivity contribution is 6.22. The number of aromatic nitrogens is 1. The number of rotatable bonds is 4. The molecule has 1 aliphatic rings. The Morgan fingerprint density at radius 2 is 2.25 bits per heavy atom. The van der Waals surface area contributed by atoms with E-state index in [-0.39, 0.29) is 23.9 Å². The monoisotopic (exact) mass is 292 g/mol. The number of hydrogen-bond acceptors (Lipinski definition) is 2. The minimum atomic E-state index is -0.203. The summed E-state index contributed by atoms with van der Waals surface area (Å²) in [4.78, 5) is 16.8. The van der Waals surface area contributed by atoms with Gasteiger partial charge in [0.25, 0.3) is 0 Å². The number of H-pyrrole nitrogens is 1. The Bertz CT molecular complexity index is 625. The zero-order valence-electron chi connectivity index (χ0n) is 11.1. The minimum Gasteiger partial charge on any atom is -0.394 e. The molecule has 3 rings (SSSR count). The van der Waals surface area contributed by atoms with Crippen molar-refractivity contribution in [1.82, 2.24) is 9.88 Å². The number of nitrogens with zero attached hydrogens (tertiary/aromatic N) is 1. The predicted octanol–water partition coefficient (Wildman–Crippen LogP) is 1.91. The molecule has 0 saturated carbocycles. The van der Waals surface area contributed by atoms with Crippen LogP contribution in [0.3, 0.4) is 0 Å². The molecular weight excluding hydrogens is 276 g/mol. The molecule has 1 amide bonds. The van der Waals surface area contributed by atoms with Crippen LogP contribution < -0.4 is 0 Å². The van der Waals surface area contributed by atoms with Crippen molar-refractivity contribution in [2.24, 2.45) is 0 Å². The summed E-state index contributed by atoms with van der Waals surface area (Å²) in [5.74, 6) is 0.0314. The third kappa shape index (κ3) is 2.41. The van der Waals surface area contributed by atoms with Crippen LogP contribution in [0.1, 0.15) is 12.0 Å². The normalized spacial score (nSPS) is 20.8. The van der Waals surface area contributed by atoms with Gasteiger partial charge in [0.05, 0.1) is 18.0 Å². The molecule has 1 fully saturated rings. The highest BCUT2D eigenvalue weighted by Gasteiger charge is 2.33. The van der Waals surface area contributed by atoms with Gasteiger partial charge in [-0.3, -0.25) is 4.79 Å².